The SMILES string of the molecule is CN(CC(O)CNC(C)(C)CCCc1ccsc1)S(=O)(=O)c1cc(-c2ccc(CCC(=O)O)cc2)cc(C(F)(F)F)c1. The molecule has 3 aromatic rings. The van der Waals surface area contributed by atoms with E-state index in [9.17, 15) is 31.5 Å². The number of thiophene rings is 1. The van der Waals surface area contributed by atoms with Crippen LogP contribution >= 0.6 is 11.3 Å². The molecule has 3 N–H and O–H groups in total. The number of β-amino-alcohol motifs (C(OH)–C–C–N with tert-alkyl or cyclic N) is 1. The number of hydrogen-bond donors (Lipinski definition) is 3. The number of hydrogen-bond acceptors (Lipinski definition) is 6. The van der Waals surface area contributed by atoms with E-state index < -0.39 is 38.7 Å². The minimum atomic E-state index is -4.79. The third kappa shape index (κ3) is 9.91. The molecule has 1 atom stereocenters. The number of alkyl halides is 3. The minimum Gasteiger partial charge on any atom is -0.481 e. The van der Waals surface area contributed by atoms with Crippen molar-refractivity contribution < 1.29 is 36.6 Å². The number of nitrogens with zero attached hydrogens (tertiary/aromatic N) is 1. The van der Waals surface area contributed by atoms with Crippen molar-refractivity contribution in [3.63, 3.8) is 0 Å². The van der Waals surface area contributed by atoms with Crippen molar-refractivity contribution in [3.8, 4) is 11.1 Å². The first kappa shape index (κ1) is 33.7. The van der Waals surface area contributed by atoms with Gasteiger partial charge in [-0.2, -0.15) is 28.8 Å². The summed E-state index contributed by atoms with van der Waals surface area (Å²) < 4.78 is 68.9. The van der Waals surface area contributed by atoms with Crippen LogP contribution in [0, 0.1) is 0 Å². The Labute approximate surface area is 249 Å². The highest BCUT2D eigenvalue weighted by Crippen LogP contribution is 2.35. The van der Waals surface area contributed by atoms with E-state index in [1.165, 1.54) is 30.8 Å². The molecular weight excluding hydrogens is 589 g/mol. The molecule has 7 nitrogen and oxygen atoms in total. The number of carboxylic acid groups (broad SMARTS) is 1. The van der Waals surface area contributed by atoms with E-state index in [-0.39, 0.29) is 37.0 Å². The van der Waals surface area contributed by atoms with Gasteiger partial charge in [0, 0.05) is 32.1 Å². The quantitative estimate of drug-likeness (QED) is 0.196. The predicted molar refractivity (Wildman–Crippen MR) is 158 cm³/mol. The summed E-state index contributed by atoms with van der Waals surface area (Å²) in [6.07, 6.45) is -3.02. The highest BCUT2D eigenvalue weighted by Gasteiger charge is 2.34. The van der Waals surface area contributed by atoms with E-state index in [0.29, 0.717) is 17.2 Å². The summed E-state index contributed by atoms with van der Waals surface area (Å²) in [4.78, 5) is 10.3. The number of halogens is 3. The average molecular weight is 627 g/mol. The molecule has 0 saturated heterocycles. The molecule has 1 unspecified atom stereocenters. The Balaban J connectivity index is 1.71. The molecule has 3 rings (SSSR count). The number of nitrogens with one attached hydrogen (secondary N) is 1. The number of likely N-dealkylation sites (N-methyl/N-ethyl adjacent to an activating group) is 1. The molecule has 2 aromatic carbocycles. The third-order valence-electron chi connectivity index (χ3n) is 6.99. The zero-order valence-corrected chi connectivity index (χ0v) is 25.5. The minimum absolute atomic E-state index is 0.0491. The van der Waals surface area contributed by atoms with Crippen molar-refractivity contribution in [1.82, 2.24) is 9.62 Å². The summed E-state index contributed by atoms with van der Waals surface area (Å²) in [6.45, 7) is 3.78. The molecule has 12 heteroatoms. The standard InChI is InChI=1S/C30H37F3N2O5S2/c1-29(2,13-4-5-22-12-14-41-20-22)34-18-26(36)19-35(3)42(39,40)27-16-24(15-25(17-27)30(31,32)33)23-9-6-21(7-10-23)8-11-28(37)38/h6-7,9-10,12,14-17,20,26,34,36H,4-5,8,11,13,18-19H2,1-3H3,(H,37,38). The lowest BCUT2D eigenvalue weighted by Crippen LogP contribution is -2.46. The lowest BCUT2D eigenvalue weighted by atomic mass is 9.96. The number of rotatable bonds is 15. The van der Waals surface area contributed by atoms with Gasteiger partial charge in [0.2, 0.25) is 10.0 Å². The molecule has 1 heterocycles. The molecule has 0 aliphatic heterocycles. The highest BCUT2D eigenvalue weighted by molar-refractivity contribution is 7.89. The van der Waals surface area contributed by atoms with Gasteiger partial charge in [-0.15, -0.1) is 0 Å². The Hall–Kier alpha value is -2.77. The second kappa shape index (κ2) is 14.1. The van der Waals surface area contributed by atoms with Gasteiger partial charge >= 0.3 is 12.1 Å². The van der Waals surface area contributed by atoms with Crippen LogP contribution in [0.25, 0.3) is 11.1 Å². The summed E-state index contributed by atoms with van der Waals surface area (Å²) in [5, 5.41) is 26.9. The summed E-state index contributed by atoms with van der Waals surface area (Å²) in [5.41, 5.74) is 0.932. The molecule has 0 amide bonds. The van der Waals surface area contributed by atoms with Crippen LogP contribution in [0.1, 0.15) is 49.8 Å². The van der Waals surface area contributed by atoms with Crippen LogP contribution in [0.2, 0.25) is 0 Å². The molecule has 230 valence electrons. The molecule has 0 bridgehead atoms. The van der Waals surface area contributed by atoms with E-state index in [0.717, 1.165) is 29.6 Å². The second-order valence-electron chi connectivity index (χ2n) is 11.0. The number of aliphatic carboxylic acids is 1. The maximum atomic E-state index is 13.8. The van der Waals surface area contributed by atoms with Crippen LogP contribution < -0.4 is 5.32 Å². The van der Waals surface area contributed by atoms with E-state index in [1.807, 2.05) is 19.2 Å². The van der Waals surface area contributed by atoms with Crippen LogP contribution in [-0.2, 0) is 33.8 Å². The van der Waals surface area contributed by atoms with Crippen LogP contribution in [0.3, 0.4) is 0 Å². The monoisotopic (exact) mass is 626 g/mol. The molecule has 1 aromatic heterocycles. The largest absolute Gasteiger partial charge is 0.481 e. The maximum absolute atomic E-state index is 13.8. The van der Waals surface area contributed by atoms with Gasteiger partial charge in [0.1, 0.15) is 0 Å². The van der Waals surface area contributed by atoms with Crippen LogP contribution in [0.4, 0.5) is 13.2 Å². The Bertz CT molecular complexity index is 1420. The number of sulfonamides is 1. The molecule has 0 aliphatic rings. The maximum Gasteiger partial charge on any atom is 0.416 e. The van der Waals surface area contributed by atoms with Gasteiger partial charge in [-0.1, -0.05) is 24.3 Å². The fraction of sp³-hybridized carbons (Fsp3) is 0.433. The molecular formula is C30H37F3N2O5S2. The van der Waals surface area contributed by atoms with Crippen LogP contribution in [0.5, 0.6) is 0 Å². The summed E-state index contributed by atoms with van der Waals surface area (Å²) in [6, 6.07) is 11.0. The van der Waals surface area contributed by atoms with Gasteiger partial charge in [0.25, 0.3) is 0 Å². The first-order valence-corrected chi connectivity index (χ1v) is 15.9. The number of carbonyl (C=O) groups is 1. The fourth-order valence-electron chi connectivity index (χ4n) is 4.48. The van der Waals surface area contributed by atoms with E-state index in [2.05, 4.69) is 16.8 Å². The summed E-state index contributed by atoms with van der Waals surface area (Å²) in [7, 11) is -3.16. The Morgan fingerprint density at radius 1 is 1.02 bits per heavy atom. The van der Waals surface area contributed by atoms with Gasteiger partial charge in [-0.25, -0.2) is 8.42 Å². The normalized spacial score (nSPS) is 13.4. The van der Waals surface area contributed by atoms with Gasteiger partial charge in [0.15, 0.2) is 0 Å². The van der Waals surface area contributed by atoms with Gasteiger partial charge in [-0.05, 0) is 96.8 Å². The number of benzene rings is 2. The van der Waals surface area contributed by atoms with Crippen molar-refractivity contribution in [1.29, 1.82) is 0 Å². The lowest BCUT2D eigenvalue weighted by molar-refractivity contribution is -0.138. The summed E-state index contributed by atoms with van der Waals surface area (Å²) >= 11 is 1.65. The molecule has 0 saturated carbocycles. The van der Waals surface area contributed by atoms with Gasteiger partial charge < -0.3 is 15.5 Å². The van der Waals surface area contributed by atoms with Crippen LogP contribution in [-0.4, -0.2) is 60.7 Å². The van der Waals surface area contributed by atoms with Crippen molar-refractivity contribution in [2.24, 2.45) is 0 Å². The first-order valence-electron chi connectivity index (χ1n) is 13.5. The van der Waals surface area contributed by atoms with E-state index in [4.69, 9.17) is 5.11 Å². The van der Waals surface area contributed by atoms with Crippen LogP contribution in [0.15, 0.2) is 64.2 Å². The Morgan fingerprint density at radius 3 is 2.31 bits per heavy atom. The zero-order chi connectivity index (χ0) is 31.1. The van der Waals surface area contributed by atoms with Gasteiger partial charge in [0.05, 0.1) is 16.6 Å². The fourth-order valence-corrected chi connectivity index (χ4v) is 6.47. The Kier molecular flexibility index (Phi) is 11.4. The number of aryl methyl sites for hydroxylation is 2. The first-order chi connectivity index (χ1) is 19.6. The van der Waals surface area contributed by atoms with Crippen molar-refractivity contribution in [2.75, 3.05) is 20.1 Å². The molecule has 0 aliphatic carbocycles. The number of carboxylic acids is 1. The van der Waals surface area contributed by atoms with E-state index >= 15 is 0 Å². The molecule has 0 radical (unpaired) electrons. The van der Waals surface area contributed by atoms with Crippen molar-refractivity contribution in [2.45, 2.75) is 68.7 Å². The smallest absolute Gasteiger partial charge is 0.416 e. The topological polar surface area (TPSA) is 107 Å². The molecule has 0 fully saturated rings. The van der Waals surface area contributed by atoms with Gasteiger partial charge in [-0.3, -0.25) is 4.79 Å². The van der Waals surface area contributed by atoms with Crippen molar-refractivity contribution in [3.05, 3.63) is 76.0 Å². The molecule has 42 heavy (non-hydrogen) atoms. The number of aliphatic hydroxyl groups is 1. The highest BCUT2D eigenvalue weighted by atomic mass is 32.2. The third-order valence-corrected chi connectivity index (χ3v) is 9.52. The molecule has 0 spiro atoms. The zero-order valence-electron chi connectivity index (χ0n) is 23.8. The van der Waals surface area contributed by atoms with Crippen molar-refractivity contribution >= 4 is 27.3 Å². The lowest BCUT2D eigenvalue weighted by Gasteiger charge is -2.29. The number of aliphatic hydroxyl groups excluding tert-OH is 1. The Morgan fingerprint density at radius 2 is 1.71 bits per heavy atom. The average Bonchev–Trinajstić information content (AvgIpc) is 3.44. The second-order valence-corrected chi connectivity index (χ2v) is 13.8. The predicted octanol–water partition coefficient (Wildman–Crippen LogP) is 5.82. The summed E-state index contributed by atoms with van der Waals surface area (Å²) in [5.74, 6) is -0.967. The van der Waals surface area contributed by atoms with E-state index in [1.54, 1.807) is 23.5 Å².